The largest absolute Gasteiger partial charge is 0.381 e. The van der Waals surface area contributed by atoms with Crippen LogP contribution in [0.2, 0.25) is 5.54 Å². The molecule has 0 N–H and O–H groups in total. The Bertz CT molecular complexity index is 214. The highest BCUT2D eigenvalue weighted by molar-refractivity contribution is 6.12. The Kier molecular flexibility index (Phi) is 2.44. The van der Waals surface area contributed by atoms with Crippen LogP contribution in [0.4, 0.5) is 0 Å². The number of ether oxygens (including phenoxy) is 1. The van der Waals surface area contributed by atoms with Gasteiger partial charge in [0.05, 0.1) is 0 Å². The van der Waals surface area contributed by atoms with E-state index in [9.17, 15) is 0 Å². The fourth-order valence-corrected chi connectivity index (χ4v) is 5.21. The normalized spacial score (nSPS) is 46.3. The maximum atomic E-state index is 5.86. The fraction of sp³-hybridized carbons (Fsp3) is 1.00. The zero-order chi connectivity index (χ0) is 9.54. The molecule has 0 amide bonds. The smallest absolute Gasteiger partial charge is 0.0497 e. The van der Waals surface area contributed by atoms with Crippen molar-refractivity contribution >= 4 is 10.2 Å². The van der Waals surface area contributed by atoms with Gasteiger partial charge >= 0.3 is 0 Å². The predicted molar refractivity (Wildman–Crippen MR) is 61.6 cm³/mol. The molecule has 0 heterocycles. The van der Waals surface area contributed by atoms with Crippen LogP contribution in [0.15, 0.2) is 0 Å². The molecular formula is C12H22OSi. The summed E-state index contributed by atoms with van der Waals surface area (Å²) in [4.78, 5) is 0. The second-order valence-electron chi connectivity index (χ2n) is 5.96. The minimum Gasteiger partial charge on any atom is -0.381 e. The standard InChI is InChI=1S/C12H22OSi/c14-12-5-9-3-10(11(12)4-9)7-13-6-8-1-2-8/h8-12H,1-7H2,14H3. The molecule has 0 saturated heterocycles. The summed E-state index contributed by atoms with van der Waals surface area (Å²) in [7, 11) is 1.43. The average Bonchev–Trinajstić information content (AvgIpc) is 2.79. The lowest BCUT2D eigenvalue weighted by Crippen LogP contribution is -2.21. The number of hydrogen-bond donors (Lipinski definition) is 0. The highest BCUT2D eigenvalue weighted by atomic mass is 28.1. The van der Waals surface area contributed by atoms with E-state index in [1.165, 1.54) is 29.5 Å². The van der Waals surface area contributed by atoms with Crippen molar-refractivity contribution in [2.45, 2.75) is 37.6 Å². The fourth-order valence-electron chi connectivity index (χ4n) is 3.73. The van der Waals surface area contributed by atoms with Gasteiger partial charge in [0, 0.05) is 23.5 Å². The Morgan fingerprint density at radius 1 is 1.07 bits per heavy atom. The monoisotopic (exact) mass is 210 g/mol. The lowest BCUT2D eigenvalue weighted by atomic mass is 9.89. The summed E-state index contributed by atoms with van der Waals surface area (Å²) in [6, 6.07) is 0. The third kappa shape index (κ3) is 1.79. The van der Waals surface area contributed by atoms with E-state index < -0.39 is 0 Å². The molecule has 3 fully saturated rings. The molecule has 0 aromatic carbocycles. The Labute approximate surface area is 90.0 Å². The first-order valence-electron chi connectivity index (χ1n) is 6.40. The van der Waals surface area contributed by atoms with Gasteiger partial charge in [-0.3, -0.25) is 0 Å². The molecule has 3 saturated carbocycles. The summed E-state index contributed by atoms with van der Waals surface area (Å²) in [5.41, 5.74) is 1.13. The van der Waals surface area contributed by atoms with E-state index in [2.05, 4.69) is 0 Å². The van der Waals surface area contributed by atoms with Crippen molar-refractivity contribution in [2.24, 2.45) is 23.7 Å². The molecule has 4 unspecified atom stereocenters. The highest BCUT2D eigenvalue weighted by Gasteiger charge is 2.43. The van der Waals surface area contributed by atoms with Gasteiger partial charge in [-0.05, 0) is 49.4 Å². The van der Waals surface area contributed by atoms with Crippen molar-refractivity contribution in [3.63, 3.8) is 0 Å². The van der Waals surface area contributed by atoms with Crippen molar-refractivity contribution < 1.29 is 4.74 Å². The zero-order valence-electron chi connectivity index (χ0n) is 9.24. The van der Waals surface area contributed by atoms with E-state index in [1.54, 1.807) is 12.8 Å². The molecule has 0 radical (unpaired) electrons. The first-order chi connectivity index (χ1) is 6.83. The summed E-state index contributed by atoms with van der Waals surface area (Å²) in [5.74, 6) is 4.07. The van der Waals surface area contributed by atoms with Crippen LogP contribution in [0, 0.1) is 23.7 Å². The van der Waals surface area contributed by atoms with Crippen molar-refractivity contribution in [3.8, 4) is 0 Å². The van der Waals surface area contributed by atoms with Crippen molar-refractivity contribution in [1.82, 2.24) is 0 Å². The van der Waals surface area contributed by atoms with Crippen LogP contribution in [0.1, 0.15) is 32.1 Å². The van der Waals surface area contributed by atoms with Crippen LogP contribution in [0.5, 0.6) is 0 Å². The molecule has 4 atom stereocenters. The number of hydrogen-bond acceptors (Lipinski definition) is 1. The maximum Gasteiger partial charge on any atom is 0.0497 e. The third-order valence-corrected chi connectivity index (χ3v) is 5.99. The van der Waals surface area contributed by atoms with Crippen molar-refractivity contribution in [2.75, 3.05) is 13.2 Å². The Morgan fingerprint density at radius 3 is 2.57 bits per heavy atom. The SMILES string of the molecule is [SiH3]C1CC2CC(COCC3CC3)C1C2. The number of fused-ring (bicyclic) bond motifs is 2. The molecule has 0 aromatic rings. The molecule has 1 nitrogen and oxygen atoms in total. The van der Waals surface area contributed by atoms with Crippen LogP contribution >= 0.6 is 0 Å². The molecule has 2 heteroatoms. The van der Waals surface area contributed by atoms with Gasteiger partial charge in [-0.1, -0.05) is 12.0 Å². The van der Waals surface area contributed by atoms with Gasteiger partial charge in [0.1, 0.15) is 0 Å². The molecule has 0 aromatic heterocycles. The summed E-state index contributed by atoms with van der Waals surface area (Å²) in [5, 5.41) is 0. The minimum atomic E-state index is 0.945. The Balaban J connectivity index is 1.44. The highest BCUT2D eigenvalue weighted by Crippen LogP contribution is 2.53. The van der Waals surface area contributed by atoms with E-state index in [-0.39, 0.29) is 0 Å². The Morgan fingerprint density at radius 2 is 1.93 bits per heavy atom. The first kappa shape index (κ1) is 9.41. The summed E-state index contributed by atoms with van der Waals surface area (Å²) < 4.78 is 5.86. The molecular weight excluding hydrogens is 188 g/mol. The van der Waals surface area contributed by atoms with Crippen LogP contribution in [0.3, 0.4) is 0 Å². The van der Waals surface area contributed by atoms with Gasteiger partial charge in [-0.15, -0.1) is 0 Å². The minimum absolute atomic E-state index is 0.945. The van der Waals surface area contributed by atoms with Crippen LogP contribution in [-0.2, 0) is 4.74 Å². The summed E-state index contributed by atoms with van der Waals surface area (Å²) in [6.07, 6.45) is 7.47. The van der Waals surface area contributed by atoms with Crippen molar-refractivity contribution in [1.29, 1.82) is 0 Å². The molecule has 14 heavy (non-hydrogen) atoms. The van der Waals surface area contributed by atoms with E-state index in [0.717, 1.165) is 42.4 Å². The molecule has 0 spiro atoms. The molecule has 2 bridgehead atoms. The number of rotatable bonds is 4. The predicted octanol–water partition coefficient (Wildman–Crippen LogP) is 1.61. The maximum absolute atomic E-state index is 5.86. The van der Waals surface area contributed by atoms with Gasteiger partial charge in [-0.25, -0.2) is 0 Å². The van der Waals surface area contributed by atoms with Gasteiger partial charge in [0.2, 0.25) is 0 Å². The lowest BCUT2D eigenvalue weighted by Gasteiger charge is -2.26. The average molecular weight is 210 g/mol. The zero-order valence-corrected chi connectivity index (χ0v) is 11.2. The van der Waals surface area contributed by atoms with Gasteiger partial charge in [0.15, 0.2) is 0 Å². The van der Waals surface area contributed by atoms with Crippen LogP contribution in [0.25, 0.3) is 0 Å². The van der Waals surface area contributed by atoms with Crippen LogP contribution < -0.4 is 0 Å². The van der Waals surface area contributed by atoms with E-state index in [0.29, 0.717) is 0 Å². The molecule has 80 valence electrons. The summed E-state index contributed by atoms with van der Waals surface area (Å²) >= 11 is 0. The molecule has 0 aliphatic heterocycles. The van der Waals surface area contributed by atoms with Crippen LogP contribution in [-0.4, -0.2) is 23.5 Å². The quantitative estimate of drug-likeness (QED) is 0.641. The van der Waals surface area contributed by atoms with E-state index in [1.807, 2.05) is 0 Å². The molecule has 3 rings (SSSR count). The van der Waals surface area contributed by atoms with Gasteiger partial charge in [0.25, 0.3) is 0 Å². The van der Waals surface area contributed by atoms with Gasteiger partial charge in [-0.2, -0.15) is 0 Å². The molecule has 3 aliphatic rings. The second kappa shape index (κ2) is 3.64. The second-order valence-corrected chi connectivity index (χ2v) is 7.44. The van der Waals surface area contributed by atoms with Gasteiger partial charge < -0.3 is 4.74 Å². The lowest BCUT2D eigenvalue weighted by molar-refractivity contribution is 0.0720. The molecule has 3 aliphatic carbocycles. The topological polar surface area (TPSA) is 9.23 Å². The third-order valence-electron chi connectivity index (χ3n) is 4.67. The first-order valence-corrected chi connectivity index (χ1v) is 7.56. The Hall–Kier alpha value is 0.177. The van der Waals surface area contributed by atoms with E-state index >= 15 is 0 Å². The van der Waals surface area contributed by atoms with Crippen molar-refractivity contribution in [3.05, 3.63) is 0 Å². The summed E-state index contributed by atoms with van der Waals surface area (Å²) in [6.45, 7) is 2.16. The van der Waals surface area contributed by atoms with E-state index in [4.69, 9.17) is 4.74 Å².